The van der Waals surface area contributed by atoms with E-state index in [-0.39, 0.29) is 5.97 Å². The Kier molecular flexibility index (Phi) is 6.75. The molecule has 0 amide bonds. The van der Waals surface area contributed by atoms with Crippen LogP contribution in [0.4, 0.5) is 0 Å². The molecule has 1 rings (SSSR count). The second-order valence-corrected chi connectivity index (χ2v) is 5.24. The summed E-state index contributed by atoms with van der Waals surface area (Å²) in [5.41, 5.74) is -0.502. The fourth-order valence-electron chi connectivity index (χ4n) is 2.65. The molecule has 1 N–H and O–H groups in total. The van der Waals surface area contributed by atoms with Crippen molar-refractivity contribution >= 4 is 5.97 Å². The first-order chi connectivity index (χ1) is 9.07. The number of ether oxygens (including phenoxy) is 1. The van der Waals surface area contributed by atoms with Gasteiger partial charge in [0.2, 0.25) is 0 Å². The monoisotopic (exact) mass is 271 g/mol. The smallest absolute Gasteiger partial charge is 0.327 e. The lowest BCUT2D eigenvalue weighted by Crippen LogP contribution is -2.56. The molecule has 0 saturated carbocycles. The van der Waals surface area contributed by atoms with Crippen LogP contribution in [0.1, 0.15) is 27.2 Å². The number of likely N-dealkylation sites (tertiary alicyclic amines) is 1. The van der Waals surface area contributed by atoms with Gasteiger partial charge in [-0.15, -0.1) is 0 Å². The third-order valence-electron chi connectivity index (χ3n) is 3.91. The maximum Gasteiger partial charge on any atom is 0.327 e. The van der Waals surface area contributed by atoms with Crippen LogP contribution in [-0.2, 0) is 9.53 Å². The second-order valence-electron chi connectivity index (χ2n) is 5.24. The van der Waals surface area contributed by atoms with E-state index in [1.165, 1.54) is 0 Å². The summed E-state index contributed by atoms with van der Waals surface area (Å²) in [6, 6.07) is 0. The SMILES string of the molecule is CCOC(=O)C1(NCCN(CC)CC)CCN(C)C1. The summed E-state index contributed by atoms with van der Waals surface area (Å²) < 4.78 is 5.25. The average molecular weight is 271 g/mol. The quantitative estimate of drug-likeness (QED) is 0.653. The van der Waals surface area contributed by atoms with Crippen molar-refractivity contribution in [2.75, 3.05) is 52.9 Å². The van der Waals surface area contributed by atoms with Crippen molar-refractivity contribution in [1.82, 2.24) is 15.1 Å². The molecule has 1 aliphatic rings. The zero-order valence-electron chi connectivity index (χ0n) is 12.9. The van der Waals surface area contributed by atoms with Gasteiger partial charge in [-0.2, -0.15) is 0 Å². The Morgan fingerprint density at radius 3 is 2.53 bits per heavy atom. The number of hydrogen-bond acceptors (Lipinski definition) is 5. The highest BCUT2D eigenvalue weighted by Gasteiger charge is 2.44. The Morgan fingerprint density at radius 2 is 2.05 bits per heavy atom. The number of carbonyl (C=O) groups is 1. The Hall–Kier alpha value is -0.650. The van der Waals surface area contributed by atoms with Gasteiger partial charge in [0.1, 0.15) is 5.54 Å². The Labute approximate surface area is 117 Å². The van der Waals surface area contributed by atoms with Gasteiger partial charge in [0.25, 0.3) is 0 Å². The molecule has 5 nitrogen and oxygen atoms in total. The van der Waals surface area contributed by atoms with Crippen molar-refractivity contribution in [3.8, 4) is 0 Å². The van der Waals surface area contributed by atoms with Crippen molar-refractivity contribution in [1.29, 1.82) is 0 Å². The molecule has 1 fully saturated rings. The number of nitrogens with one attached hydrogen (secondary N) is 1. The molecule has 19 heavy (non-hydrogen) atoms. The lowest BCUT2D eigenvalue weighted by atomic mass is 9.98. The summed E-state index contributed by atoms with van der Waals surface area (Å²) >= 11 is 0. The van der Waals surface area contributed by atoms with Crippen LogP contribution >= 0.6 is 0 Å². The van der Waals surface area contributed by atoms with Gasteiger partial charge < -0.3 is 14.5 Å². The van der Waals surface area contributed by atoms with Gasteiger partial charge in [-0.3, -0.25) is 5.32 Å². The highest BCUT2D eigenvalue weighted by atomic mass is 16.5. The van der Waals surface area contributed by atoms with E-state index in [2.05, 4.69) is 29.0 Å². The first kappa shape index (κ1) is 16.4. The van der Waals surface area contributed by atoms with Crippen LogP contribution in [0.25, 0.3) is 0 Å². The molecule has 5 heteroatoms. The molecule has 0 aromatic heterocycles. The molecular weight excluding hydrogens is 242 g/mol. The minimum Gasteiger partial charge on any atom is -0.465 e. The van der Waals surface area contributed by atoms with Gasteiger partial charge in [0, 0.05) is 26.2 Å². The average Bonchev–Trinajstić information content (AvgIpc) is 2.78. The van der Waals surface area contributed by atoms with Crippen LogP contribution in [0.2, 0.25) is 0 Å². The van der Waals surface area contributed by atoms with Gasteiger partial charge in [-0.25, -0.2) is 4.79 Å². The van der Waals surface area contributed by atoms with Gasteiger partial charge in [-0.1, -0.05) is 13.8 Å². The molecule has 112 valence electrons. The molecule has 1 unspecified atom stereocenters. The van der Waals surface area contributed by atoms with E-state index in [9.17, 15) is 4.79 Å². The molecule has 1 aliphatic heterocycles. The van der Waals surface area contributed by atoms with Crippen LogP contribution in [0.15, 0.2) is 0 Å². The third kappa shape index (κ3) is 4.44. The molecule has 0 radical (unpaired) electrons. The number of rotatable bonds is 8. The Bertz CT molecular complexity index is 282. The summed E-state index contributed by atoms with van der Waals surface area (Å²) in [5, 5.41) is 3.45. The fraction of sp³-hybridized carbons (Fsp3) is 0.929. The molecule has 1 heterocycles. The molecule has 0 aliphatic carbocycles. The Morgan fingerprint density at radius 1 is 1.37 bits per heavy atom. The summed E-state index contributed by atoms with van der Waals surface area (Å²) in [5.74, 6) is -0.0982. The van der Waals surface area contributed by atoms with Gasteiger partial charge >= 0.3 is 5.97 Å². The first-order valence-corrected chi connectivity index (χ1v) is 7.41. The number of likely N-dealkylation sites (N-methyl/N-ethyl adjacent to an activating group) is 2. The van der Waals surface area contributed by atoms with Crippen molar-refractivity contribution < 1.29 is 9.53 Å². The van der Waals surface area contributed by atoms with Gasteiger partial charge in [-0.05, 0) is 33.5 Å². The molecule has 0 bridgehead atoms. The zero-order valence-corrected chi connectivity index (χ0v) is 12.9. The lowest BCUT2D eigenvalue weighted by Gasteiger charge is -2.29. The van der Waals surface area contributed by atoms with E-state index in [1.54, 1.807) is 0 Å². The van der Waals surface area contributed by atoms with Crippen LogP contribution in [0.5, 0.6) is 0 Å². The summed E-state index contributed by atoms with van der Waals surface area (Å²) in [6.07, 6.45) is 0.834. The van der Waals surface area contributed by atoms with Gasteiger partial charge in [0.15, 0.2) is 0 Å². The number of nitrogens with zero attached hydrogens (tertiary/aromatic N) is 2. The van der Waals surface area contributed by atoms with Crippen molar-refractivity contribution in [3.05, 3.63) is 0 Å². The largest absolute Gasteiger partial charge is 0.465 e. The zero-order chi connectivity index (χ0) is 14.3. The molecule has 1 saturated heterocycles. The maximum absolute atomic E-state index is 12.2. The molecular formula is C14H29N3O2. The van der Waals surface area contributed by atoms with Crippen LogP contribution in [-0.4, -0.2) is 74.2 Å². The lowest BCUT2D eigenvalue weighted by molar-refractivity contribution is -0.150. The van der Waals surface area contributed by atoms with E-state index >= 15 is 0 Å². The number of carbonyl (C=O) groups excluding carboxylic acids is 1. The molecule has 0 spiro atoms. The molecule has 0 aromatic rings. The van der Waals surface area contributed by atoms with Crippen LogP contribution in [0.3, 0.4) is 0 Å². The second kappa shape index (κ2) is 7.82. The standard InChI is InChI=1S/C14H29N3O2/c1-5-17(6-2)11-9-15-14(13(18)19-7-3)8-10-16(4)12-14/h15H,5-12H2,1-4H3. The van der Waals surface area contributed by atoms with Crippen LogP contribution in [0, 0.1) is 0 Å². The van der Waals surface area contributed by atoms with Gasteiger partial charge in [0.05, 0.1) is 6.61 Å². The normalized spacial score (nSPS) is 24.1. The predicted molar refractivity (Wildman–Crippen MR) is 77.3 cm³/mol. The topological polar surface area (TPSA) is 44.8 Å². The minimum absolute atomic E-state index is 0.0982. The van der Waals surface area contributed by atoms with Crippen LogP contribution < -0.4 is 5.32 Å². The summed E-state index contributed by atoms with van der Waals surface area (Å²) in [4.78, 5) is 16.7. The minimum atomic E-state index is -0.502. The predicted octanol–water partition coefficient (Wildman–Crippen LogP) is 0.555. The highest BCUT2D eigenvalue weighted by Crippen LogP contribution is 2.21. The van der Waals surface area contributed by atoms with E-state index in [4.69, 9.17) is 4.74 Å². The summed E-state index contributed by atoms with van der Waals surface area (Å²) in [7, 11) is 2.05. The summed E-state index contributed by atoms with van der Waals surface area (Å²) in [6.45, 7) is 12.2. The van der Waals surface area contributed by atoms with E-state index in [0.29, 0.717) is 6.61 Å². The number of hydrogen-bond donors (Lipinski definition) is 1. The maximum atomic E-state index is 12.2. The van der Waals surface area contributed by atoms with E-state index in [1.807, 2.05) is 14.0 Å². The first-order valence-electron chi connectivity index (χ1n) is 7.41. The van der Waals surface area contributed by atoms with Crippen molar-refractivity contribution in [2.45, 2.75) is 32.7 Å². The van der Waals surface area contributed by atoms with Crippen molar-refractivity contribution in [3.63, 3.8) is 0 Å². The Balaban J connectivity index is 2.53. The van der Waals surface area contributed by atoms with Crippen molar-refractivity contribution in [2.24, 2.45) is 0 Å². The molecule has 1 atom stereocenters. The highest BCUT2D eigenvalue weighted by molar-refractivity contribution is 5.81. The van der Waals surface area contributed by atoms with E-state index < -0.39 is 5.54 Å². The number of esters is 1. The third-order valence-corrected chi connectivity index (χ3v) is 3.91. The molecule has 0 aromatic carbocycles. The fourth-order valence-corrected chi connectivity index (χ4v) is 2.65. The van der Waals surface area contributed by atoms with E-state index in [0.717, 1.165) is 45.7 Å².